The van der Waals surface area contributed by atoms with Crippen LogP contribution in [0.4, 0.5) is 0 Å². The highest BCUT2D eigenvalue weighted by Crippen LogP contribution is 2.41. The molecule has 252 valence electrons. The molecule has 4 heteroatoms. The molecule has 0 amide bonds. The molecular weight excluding hydrogens is 659 g/mol. The number of para-hydroxylation sites is 3. The van der Waals surface area contributed by atoms with Gasteiger partial charge in [-0.15, -0.1) is 0 Å². The summed E-state index contributed by atoms with van der Waals surface area (Å²) in [6, 6.07) is 66.2. The van der Waals surface area contributed by atoms with Gasteiger partial charge in [-0.1, -0.05) is 152 Å². The Kier molecular flexibility index (Phi) is 6.82. The maximum absolute atomic E-state index is 6.86. The quantitative estimate of drug-likeness (QED) is 0.181. The number of rotatable bonds is 5. The van der Waals surface area contributed by atoms with Crippen molar-refractivity contribution in [3.05, 3.63) is 188 Å². The highest BCUT2D eigenvalue weighted by atomic mass is 16.3. The summed E-state index contributed by atoms with van der Waals surface area (Å²) >= 11 is 0. The predicted octanol–water partition coefficient (Wildman–Crippen LogP) is 13.3. The zero-order valence-electron chi connectivity index (χ0n) is 29.1. The largest absolute Gasteiger partial charge is 0.451 e. The second-order valence-corrected chi connectivity index (χ2v) is 13.8. The molecule has 0 bridgehead atoms. The third-order valence-corrected chi connectivity index (χ3v) is 10.6. The maximum Gasteiger partial charge on any atom is 0.180 e. The van der Waals surface area contributed by atoms with Gasteiger partial charge in [0.05, 0.1) is 11.0 Å². The van der Waals surface area contributed by atoms with Gasteiger partial charge in [0, 0.05) is 38.5 Å². The normalized spacial score (nSPS) is 11.7. The zero-order chi connectivity index (χ0) is 35.6. The van der Waals surface area contributed by atoms with Gasteiger partial charge in [-0.25, -0.2) is 9.97 Å². The van der Waals surface area contributed by atoms with Gasteiger partial charge in [0.2, 0.25) is 0 Å². The molecule has 0 radical (unpaired) electrons. The van der Waals surface area contributed by atoms with Crippen molar-refractivity contribution < 1.29 is 4.42 Å². The van der Waals surface area contributed by atoms with Crippen LogP contribution >= 0.6 is 0 Å². The first-order valence-corrected chi connectivity index (χ1v) is 18.2. The second-order valence-electron chi connectivity index (χ2n) is 13.8. The Morgan fingerprint density at radius 1 is 0.389 bits per heavy atom. The first kappa shape index (κ1) is 30.3. The molecular formula is C50H31N3O. The lowest BCUT2D eigenvalue weighted by Crippen LogP contribution is -1.93. The van der Waals surface area contributed by atoms with Crippen LogP contribution in [0.2, 0.25) is 0 Å². The number of aromatic nitrogens is 3. The van der Waals surface area contributed by atoms with E-state index in [1.165, 1.54) is 32.8 Å². The minimum atomic E-state index is 0.670. The van der Waals surface area contributed by atoms with Gasteiger partial charge in [-0.2, -0.15) is 0 Å². The molecule has 0 aliphatic heterocycles. The Balaban J connectivity index is 1.05. The minimum absolute atomic E-state index is 0.670. The standard InChI is InChI=1S/C50H31N3O/c1-3-12-32(13-4-1)33-22-24-34(25-23-33)46-49-47(52-50(51-46)35-14-5-2-6-15-35)43-19-11-18-40(48(43)54-49)38-27-26-37-31-39(29-28-36(37)30-38)53-44-20-9-7-16-41(44)42-17-8-10-21-45(42)53/h1-31H. The lowest BCUT2D eigenvalue weighted by molar-refractivity contribution is 0.668. The molecule has 0 N–H and O–H groups in total. The van der Waals surface area contributed by atoms with E-state index in [0.717, 1.165) is 61.1 Å². The van der Waals surface area contributed by atoms with E-state index in [2.05, 4.69) is 168 Å². The number of fused-ring (bicyclic) bond motifs is 7. The van der Waals surface area contributed by atoms with E-state index in [1.54, 1.807) is 0 Å². The molecule has 11 aromatic rings. The third-order valence-electron chi connectivity index (χ3n) is 10.6. The molecule has 0 saturated heterocycles. The molecule has 0 saturated carbocycles. The lowest BCUT2D eigenvalue weighted by atomic mass is 9.99. The Labute approximate surface area is 311 Å². The van der Waals surface area contributed by atoms with Crippen molar-refractivity contribution in [2.24, 2.45) is 0 Å². The predicted molar refractivity (Wildman–Crippen MR) is 223 cm³/mol. The number of hydrogen-bond donors (Lipinski definition) is 0. The van der Waals surface area contributed by atoms with E-state index in [-0.39, 0.29) is 0 Å². The number of furan rings is 1. The Morgan fingerprint density at radius 3 is 1.70 bits per heavy atom. The molecule has 3 heterocycles. The Bertz CT molecular complexity index is 3140. The van der Waals surface area contributed by atoms with Gasteiger partial charge in [-0.3, -0.25) is 0 Å². The van der Waals surface area contributed by atoms with Gasteiger partial charge in [0.1, 0.15) is 16.8 Å². The first-order chi connectivity index (χ1) is 26.8. The molecule has 0 fully saturated rings. The highest BCUT2D eigenvalue weighted by molar-refractivity contribution is 6.12. The van der Waals surface area contributed by atoms with E-state index < -0.39 is 0 Å². The van der Waals surface area contributed by atoms with Gasteiger partial charge in [-0.05, 0) is 63.9 Å². The minimum Gasteiger partial charge on any atom is -0.451 e. The summed E-state index contributed by atoms with van der Waals surface area (Å²) in [4.78, 5) is 10.3. The topological polar surface area (TPSA) is 43.9 Å². The molecule has 8 aromatic carbocycles. The molecule has 0 atom stereocenters. The average molecular weight is 690 g/mol. The number of benzene rings is 8. The molecule has 4 nitrogen and oxygen atoms in total. The molecule has 0 aliphatic carbocycles. The fourth-order valence-corrected chi connectivity index (χ4v) is 8.00. The molecule has 0 unspecified atom stereocenters. The average Bonchev–Trinajstić information content (AvgIpc) is 3.80. The fraction of sp³-hybridized carbons (Fsp3) is 0. The van der Waals surface area contributed by atoms with Gasteiger partial charge < -0.3 is 8.98 Å². The lowest BCUT2D eigenvalue weighted by Gasteiger charge is -2.10. The van der Waals surface area contributed by atoms with Gasteiger partial charge in [0.25, 0.3) is 0 Å². The van der Waals surface area contributed by atoms with Crippen molar-refractivity contribution in [3.63, 3.8) is 0 Å². The fourth-order valence-electron chi connectivity index (χ4n) is 8.00. The van der Waals surface area contributed by atoms with Crippen molar-refractivity contribution in [1.82, 2.24) is 14.5 Å². The molecule has 3 aromatic heterocycles. The van der Waals surface area contributed by atoms with Gasteiger partial charge in [0.15, 0.2) is 11.4 Å². The van der Waals surface area contributed by atoms with Gasteiger partial charge >= 0.3 is 0 Å². The van der Waals surface area contributed by atoms with E-state index in [9.17, 15) is 0 Å². The van der Waals surface area contributed by atoms with Crippen LogP contribution in [0.1, 0.15) is 0 Å². The molecule has 0 aliphatic rings. The zero-order valence-corrected chi connectivity index (χ0v) is 29.1. The van der Waals surface area contributed by atoms with E-state index in [1.807, 2.05) is 24.3 Å². The smallest absolute Gasteiger partial charge is 0.180 e. The SMILES string of the molecule is c1ccc(-c2ccc(-c3nc(-c4ccccc4)nc4c3oc3c(-c5ccc6cc(-n7c8ccccc8c8ccccc87)ccc6c5)cccc34)cc2)cc1. The van der Waals surface area contributed by atoms with E-state index >= 15 is 0 Å². The van der Waals surface area contributed by atoms with Crippen molar-refractivity contribution in [3.8, 4) is 50.6 Å². The van der Waals surface area contributed by atoms with Crippen LogP contribution in [0, 0.1) is 0 Å². The number of nitrogens with zero attached hydrogens (tertiary/aromatic N) is 3. The summed E-state index contributed by atoms with van der Waals surface area (Å²) in [5.41, 5.74) is 13.0. The van der Waals surface area contributed by atoms with Crippen LogP contribution < -0.4 is 0 Å². The number of hydrogen-bond acceptors (Lipinski definition) is 3. The van der Waals surface area contributed by atoms with Crippen LogP contribution in [-0.2, 0) is 0 Å². The summed E-state index contributed by atoms with van der Waals surface area (Å²) in [6.45, 7) is 0. The van der Waals surface area contributed by atoms with E-state index in [0.29, 0.717) is 11.4 Å². The second kappa shape index (κ2) is 12.1. The van der Waals surface area contributed by atoms with Crippen LogP contribution in [-0.4, -0.2) is 14.5 Å². The highest BCUT2D eigenvalue weighted by Gasteiger charge is 2.21. The summed E-state index contributed by atoms with van der Waals surface area (Å²) in [5.74, 6) is 0.670. The summed E-state index contributed by atoms with van der Waals surface area (Å²) in [7, 11) is 0. The summed E-state index contributed by atoms with van der Waals surface area (Å²) in [5, 5.41) is 5.82. The maximum atomic E-state index is 6.86. The van der Waals surface area contributed by atoms with E-state index in [4.69, 9.17) is 14.4 Å². The van der Waals surface area contributed by atoms with Crippen LogP contribution in [0.5, 0.6) is 0 Å². The third kappa shape index (κ3) is 4.85. The molecule has 54 heavy (non-hydrogen) atoms. The Hall–Kier alpha value is -7.30. The van der Waals surface area contributed by atoms with Crippen molar-refractivity contribution in [2.75, 3.05) is 0 Å². The van der Waals surface area contributed by atoms with Crippen LogP contribution in [0.15, 0.2) is 192 Å². The Morgan fingerprint density at radius 2 is 0.963 bits per heavy atom. The molecule has 0 spiro atoms. The monoisotopic (exact) mass is 689 g/mol. The van der Waals surface area contributed by atoms with Crippen molar-refractivity contribution >= 4 is 54.6 Å². The molecule has 11 rings (SSSR count). The van der Waals surface area contributed by atoms with Crippen molar-refractivity contribution in [2.45, 2.75) is 0 Å². The summed E-state index contributed by atoms with van der Waals surface area (Å²) < 4.78 is 9.23. The summed E-state index contributed by atoms with van der Waals surface area (Å²) in [6.07, 6.45) is 0. The van der Waals surface area contributed by atoms with Crippen LogP contribution in [0.25, 0.3) is 105 Å². The first-order valence-electron chi connectivity index (χ1n) is 18.2. The van der Waals surface area contributed by atoms with Crippen molar-refractivity contribution in [1.29, 1.82) is 0 Å². The van der Waals surface area contributed by atoms with Crippen LogP contribution in [0.3, 0.4) is 0 Å².